The fraction of sp³-hybridized carbons (Fsp3) is 0.400. The third-order valence-electron chi connectivity index (χ3n) is 3.80. The lowest BCUT2D eigenvalue weighted by atomic mass is 10.1. The largest absolute Gasteiger partial charge is 0.394 e. The number of rotatable bonds is 2. The Morgan fingerprint density at radius 1 is 1.57 bits per heavy atom. The fourth-order valence-corrected chi connectivity index (χ4v) is 3.84. The molecule has 4 nitrogen and oxygen atoms in total. The van der Waals surface area contributed by atoms with Crippen LogP contribution in [0.2, 0.25) is 0 Å². The lowest BCUT2D eigenvalue weighted by molar-refractivity contribution is -0.0181. The number of aryl methyl sites for hydroxylation is 1. The molecule has 2 aromatic rings. The number of benzene rings is 1. The first-order valence-electron chi connectivity index (χ1n) is 6.80. The lowest BCUT2D eigenvalue weighted by Gasteiger charge is -2.34. The highest BCUT2D eigenvalue weighted by Gasteiger charge is 2.30. The van der Waals surface area contributed by atoms with E-state index in [9.17, 15) is 14.3 Å². The Hall–Kier alpha value is -1.50. The Balaban J connectivity index is 2.01. The number of morpholine rings is 1. The Morgan fingerprint density at radius 2 is 2.38 bits per heavy atom. The van der Waals surface area contributed by atoms with E-state index in [0.29, 0.717) is 35.6 Å². The van der Waals surface area contributed by atoms with E-state index < -0.39 is 0 Å². The molecule has 1 saturated heterocycles. The van der Waals surface area contributed by atoms with Crippen molar-refractivity contribution in [3.63, 3.8) is 0 Å². The highest BCUT2D eigenvalue weighted by Crippen LogP contribution is 2.33. The standard InChI is InChI=1S/C15H16FNO3S/c1-9-13-11(16)3-2-4-12(13)21-14(9)15(19)17-5-6-20-8-10(17)7-18/h2-4,10,18H,5-8H2,1H3. The van der Waals surface area contributed by atoms with Crippen LogP contribution in [0, 0.1) is 12.7 Å². The molecule has 1 aliphatic heterocycles. The van der Waals surface area contributed by atoms with Crippen LogP contribution in [0.4, 0.5) is 4.39 Å². The zero-order chi connectivity index (χ0) is 15.0. The van der Waals surface area contributed by atoms with E-state index in [1.807, 2.05) is 6.07 Å². The summed E-state index contributed by atoms with van der Waals surface area (Å²) >= 11 is 1.30. The van der Waals surface area contributed by atoms with Crippen LogP contribution in [0.3, 0.4) is 0 Å². The second-order valence-electron chi connectivity index (χ2n) is 5.08. The summed E-state index contributed by atoms with van der Waals surface area (Å²) < 4.78 is 20.0. The first kappa shape index (κ1) is 14.4. The Bertz CT molecular complexity index is 685. The van der Waals surface area contributed by atoms with Gasteiger partial charge in [-0.25, -0.2) is 4.39 Å². The Labute approximate surface area is 125 Å². The number of nitrogens with zero attached hydrogens (tertiary/aromatic N) is 1. The Morgan fingerprint density at radius 3 is 3.10 bits per heavy atom. The number of fused-ring (bicyclic) bond motifs is 1. The molecular weight excluding hydrogens is 293 g/mol. The predicted octanol–water partition coefficient (Wildman–Crippen LogP) is 2.18. The van der Waals surface area contributed by atoms with E-state index in [-0.39, 0.29) is 24.4 Å². The average molecular weight is 309 g/mol. The minimum absolute atomic E-state index is 0.135. The van der Waals surface area contributed by atoms with Gasteiger partial charge in [0.25, 0.3) is 5.91 Å². The molecule has 1 atom stereocenters. The minimum atomic E-state index is -0.333. The number of amides is 1. The SMILES string of the molecule is Cc1c(C(=O)N2CCOCC2CO)sc2cccc(F)c12. The summed E-state index contributed by atoms with van der Waals surface area (Å²) in [4.78, 5) is 14.9. The molecule has 0 bridgehead atoms. The van der Waals surface area contributed by atoms with Crippen LogP contribution >= 0.6 is 11.3 Å². The Kier molecular flexibility index (Phi) is 3.93. The smallest absolute Gasteiger partial charge is 0.264 e. The molecule has 21 heavy (non-hydrogen) atoms. The maximum absolute atomic E-state index is 13.9. The van der Waals surface area contributed by atoms with Gasteiger partial charge in [0.05, 0.1) is 30.7 Å². The van der Waals surface area contributed by atoms with Gasteiger partial charge in [-0.3, -0.25) is 4.79 Å². The molecule has 0 radical (unpaired) electrons. The maximum Gasteiger partial charge on any atom is 0.264 e. The van der Waals surface area contributed by atoms with Gasteiger partial charge in [-0.05, 0) is 24.6 Å². The summed E-state index contributed by atoms with van der Waals surface area (Å²) in [7, 11) is 0. The molecule has 1 unspecified atom stereocenters. The van der Waals surface area contributed by atoms with Crippen molar-refractivity contribution < 1.29 is 19.0 Å². The topological polar surface area (TPSA) is 49.8 Å². The zero-order valence-electron chi connectivity index (χ0n) is 11.6. The summed E-state index contributed by atoms with van der Waals surface area (Å²) in [5.41, 5.74) is 0.668. The molecule has 1 aliphatic rings. The van der Waals surface area contributed by atoms with E-state index in [1.54, 1.807) is 17.9 Å². The molecule has 1 fully saturated rings. The number of carbonyl (C=O) groups excluding carboxylic acids is 1. The van der Waals surface area contributed by atoms with Gasteiger partial charge in [0, 0.05) is 16.6 Å². The van der Waals surface area contributed by atoms with Gasteiger partial charge >= 0.3 is 0 Å². The van der Waals surface area contributed by atoms with E-state index in [2.05, 4.69) is 0 Å². The summed E-state index contributed by atoms with van der Waals surface area (Å²) in [5.74, 6) is -0.462. The highest BCUT2D eigenvalue weighted by atomic mass is 32.1. The molecule has 112 valence electrons. The zero-order valence-corrected chi connectivity index (χ0v) is 12.5. The first-order valence-corrected chi connectivity index (χ1v) is 7.62. The highest BCUT2D eigenvalue weighted by molar-refractivity contribution is 7.21. The minimum Gasteiger partial charge on any atom is -0.394 e. The van der Waals surface area contributed by atoms with E-state index in [4.69, 9.17) is 4.74 Å². The molecule has 3 rings (SSSR count). The molecule has 1 aromatic carbocycles. The fourth-order valence-electron chi connectivity index (χ4n) is 2.66. The quantitative estimate of drug-likeness (QED) is 0.925. The molecule has 0 aliphatic carbocycles. The average Bonchev–Trinajstić information content (AvgIpc) is 2.85. The molecule has 2 heterocycles. The van der Waals surface area contributed by atoms with Gasteiger partial charge in [-0.2, -0.15) is 0 Å². The third kappa shape index (κ3) is 2.43. The molecule has 0 spiro atoms. The van der Waals surface area contributed by atoms with Crippen LogP contribution in [0.25, 0.3) is 10.1 Å². The van der Waals surface area contributed by atoms with Crippen LogP contribution in [-0.2, 0) is 4.74 Å². The van der Waals surface area contributed by atoms with Crippen molar-refractivity contribution in [2.45, 2.75) is 13.0 Å². The number of aliphatic hydroxyl groups excluding tert-OH is 1. The summed E-state index contributed by atoms with van der Waals surface area (Å²) in [6.07, 6.45) is 0. The second kappa shape index (κ2) is 5.71. The second-order valence-corrected chi connectivity index (χ2v) is 6.13. The summed E-state index contributed by atoms with van der Waals surface area (Å²) in [6.45, 7) is 2.87. The van der Waals surface area contributed by atoms with Gasteiger partial charge in [0.15, 0.2) is 0 Å². The number of halogens is 1. The molecule has 1 amide bonds. The lowest BCUT2D eigenvalue weighted by Crippen LogP contribution is -2.50. The molecule has 1 N–H and O–H groups in total. The van der Waals surface area contributed by atoms with E-state index in [1.165, 1.54) is 17.4 Å². The van der Waals surface area contributed by atoms with Crippen LogP contribution in [0.5, 0.6) is 0 Å². The molecular formula is C15H16FNO3S. The van der Waals surface area contributed by atoms with Gasteiger partial charge in [0.2, 0.25) is 0 Å². The van der Waals surface area contributed by atoms with Crippen molar-refractivity contribution in [3.8, 4) is 0 Å². The van der Waals surface area contributed by atoms with E-state index in [0.717, 1.165) is 4.70 Å². The van der Waals surface area contributed by atoms with Gasteiger partial charge < -0.3 is 14.7 Å². The number of carbonyl (C=O) groups is 1. The molecule has 0 saturated carbocycles. The summed E-state index contributed by atoms with van der Waals surface area (Å²) in [6, 6.07) is 4.53. The van der Waals surface area contributed by atoms with Crippen LogP contribution < -0.4 is 0 Å². The molecule has 6 heteroatoms. The van der Waals surface area contributed by atoms with Crippen molar-refractivity contribution in [3.05, 3.63) is 34.5 Å². The van der Waals surface area contributed by atoms with Crippen molar-refractivity contribution in [2.75, 3.05) is 26.4 Å². The van der Waals surface area contributed by atoms with Crippen LogP contribution in [0.1, 0.15) is 15.2 Å². The molecule has 1 aromatic heterocycles. The van der Waals surface area contributed by atoms with Crippen LogP contribution in [-0.4, -0.2) is 48.3 Å². The van der Waals surface area contributed by atoms with Crippen molar-refractivity contribution >= 4 is 27.3 Å². The third-order valence-corrected chi connectivity index (χ3v) is 5.04. The van der Waals surface area contributed by atoms with Gasteiger partial charge in [-0.1, -0.05) is 6.07 Å². The van der Waals surface area contributed by atoms with Crippen molar-refractivity contribution in [2.24, 2.45) is 0 Å². The van der Waals surface area contributed by atoms with E-state index >= 15 is 0 Å². The predicted molar refractivity (Wildman–Crippen MR) is 79.2 cm³/mol. The monoisotopic (exact) mass is 309 g/mol. The van der Waals surface area contributed by atoms with Crippen molar-refractivity contribution in [1.29, 1.82) is 0 Å². The van der Waals surface area contributed by atoms with Crippen molar-refractivity contribution in [1.82, 2.24) is 4.90 Å². The first-order chi connectivity index (χ1) is 10.1. The number of ether oxygens (including phenoxy) is 1. The number of thiophene rings is 1. The van der Waals surface area contributed by atoms with Gasteiger partial charge in [0.1, 0.15) is 5.82 Å². The normalized spacial score (nSPS) is 19.2. The number of hydrogen-bond donors (Lipinski definition) is 1. The van der Waals surface area contributed by atoms with Crippen LogP contribution in [0.15, 0.2) is 18.2 Å². The van der Waals surface area contributed by atoms with Gasteiger partial charge in [-0.15, -0.1) is 11.3 Å². The number of hydrogen-bond acceptors (Lipinski definition) is 4. The number of aliphatic hydroxyl groups is 1. The summed E-state index contributed by atoms with van der Waals surface area (Å²) in [5, 5.41) is 9.89. The maximum atomic E-state index is 13.9.